The van der Waals surface area contributed by atoms with Crippen LogP contribution in [0.4, 0.5) is 0 Å². The molecule has 1 heterocycles. The maximum absolute atomic E-state index is 11.3. The van der Waals surface area contributed by atoms with E-state index in [9.17, 15) is 14.4 Å². The Morgan fingerprint density at radius 1 is 1.08 bits per heavy atom. The molecule has 0 saturated carbocycles. The van der Waals surface area contributed by atoms with Crippen LogP contribution in [0.15, 0.2) is 23.4 Å². The molecule has 0 saturated heterocycles. The number of nitrogens with one attached hydrogen (secondary N) is 1. The summed E-state index contributed by atoms with van der Waals surface area (Å²) in [5.41, 5.74) is 0.924. The lowest BCUT2D eigenvalue weighted by atomic mass is 9.93. The van der Waals surface area contributed by atoms with E-state index in [0.29, 0.717) is 11.3 Å². The topological polar surface area (TPSA) is 63.2 Å². The number of Topliss-reactive ketones (excluding diaryl/α,β-unsaturated/α-hetero) is 1. The molecule has 0 bridgehead atoms. The lowest BCUT2D eigenvalue weighted by Gasteiger charge is -2.19. The van der Waals surface area contributed by atoms with E-state index in [0.717, 1.165) is 0 Å². The summed E-state index contributed by atoms with van der Waals surface area (Å²) in [6, 6.07) is 0. The van der Waals surface area contributed by atoms with Gasteiger partial charge in [0.05, 0.1) is 6.42 Å². The van der Waals surface area contributed by atoms with Crippen molar-refractivity contribution in [2.45, 2.75) is 12.8 Å². The van der Waals surface area contributed by atoms with Crippen LogP contribution in [0.3, 0.4) is 0 Å². The van der Waals surface area contributed by atoms with Crippen LogP contribution in [-0.4, -0.2) is 17.5 Å². The second kappa shape index (κ2) is 2.65. The minimum atomic E-state index is -0.303. The average molecular weight is 177 g/mol. The number of amides is 1. The van der Waals surface area contributed by atoms with E-state index >= 15 is 0 Å². The van der Waals surface area contributed by atoms with Crippen LogP contribution < -0.4 is 5.32 Å². The Balaban J connectivity index is 2.41. The Morgan fingerprint density at radius 2 is 1.85 bits per heavy atom. The molecule has 0 atom stereocenters. The van der Waals surface area contributed by atoms with Gasteiger partial charge in [-0.2, -0.15) is 0 Å². The zero-order chi connectivity index (χ0) is 9.42. The van der Waals surface area contributed by atoms with Gasteiger partial charge < -0.3 is 5.32 Å². The van der Waals surface area contributed by atoms with Gasteiger partial charge in [-0.05, 0) is 12.2 Å². The molecule has 1 N–H and O–H groups in total. The number of carbonyl (C=O) groups is 3. The first-order valence-corrected chi connectivity index (χ1v) is 3.94. The smallest absolute Gasteiger partial charge is 0.232 e. The molecule has 66 valence electrons. The van der Waals surface area contributed by atoms with Crippen molar-refractivity contribution in [2.75, 3.05) is 0 Å². The molecule has 1 aliphatic heterocycles. The van der Waals surface area contributed by atoms with Crippen molar-refractivity contribution in [1.29, 1.82) is 0 Å². The van der Waals surface area contributed by atoms with E-state index in [4.69, 9.17) is 0 Å². The molecule has 0 unspecified atom stereocenters. The molecule has 0 fully saturated rings. The molecule has 0 aromatic carbocycles. The molecule has 2 rings (SSSR count). The highest BCUT2D eigenvalue weighted by molar-refractivity contribution is 6.15. The maximum Gasteiger partial charge on any atom is 0.232 e. The molecular formula is C9H7NO3. The molecule has 13 heavy (non-hydrogen) atoms. The fraction of sp³-hybridized carbons (Fsp3) is 0.222. The Bertz CT molecular complexity index is 376. The van der Waals surface area contributed by atoms with Crippen molar-refractivity contribution in [2.24, 2.45) is 0 Å². The molecule has 4 heteroatoms. The van der Waals surface area contributed by atoms with E-state index < -0.39 is 0 Å². The monoisotopic (exact) mass is 177 g/mol. The number of allylic oxidation sites excluding steroid dienone is 3. The summed E-state index contributed by atoms with van der Waals surface area (Å²) in [4.78, 5) is 33.2. The lowest BCUT2D eigenvalue weighted by Crippen LogP contribution is -2.34. The first-order chi connectivity index (χ1) is 6.16. The molecule has 1 amide bonds. The first-order valence-electron chi connectivity index (χ1n) is 3.94. The normalized spacial score (nSPS) is 21.7. The van der Waals surface area contributed by atoms with Crippen LogP contribution in [-0.2, 0) is 14.4 Å². The number of carbonyl (C=O) groups excluding carboxylic acids is 3. The van der Waals surface area contributed by atoms with Gasteiger partial charge in [0.15, 0.2) is 11.6 Å². The third kappa shape index (κ3) is 1.30. The van der Waals surface area contributed by atoms with E-state index in [1.54, 1.807) is 0 Å². The SMILES string of the molecule is O=C1C=CC2=C(C1)C(=O)CC(=O)N2. The van der Waals surface area contributed by atoms with Gasteiger partial charge in [0.25, 0.3) is 0 Å². The third-order valence-corrected chi connectivity index (χ3v) is 2.04. The van der Waals surface area contributed by atoms with Gasteiger partial charge in [-0.3, -0.25) is 14.4 Å². The van der Waals surface area contributed by atoms with Gasteiger partial charge >= 0.3 is 0 Å². The molecule has 0 aromatic heterocycles. The zero-order valence-electron chi connectivity index (χ0n) is 6.79. The number of ketones is 2. The van der Waals surface area contributed by atoms with Crippen molar-refractivity contribution in [3.8, 4) is 0 Å². The quantitative estimate of drug-likeness (QED) is 0.524. The maximum atomic E-state index is 11.3. The van der Waals surface area contributed by atoms with Gasteiger partial charge in [-0.15, -0.1) is 0 Å². The fourth-order valence-corrected chi connectivity index (χ4v) is 1.42. The van der Waals surface area contributed by atoms with Crippen molar-refractivity contribution >= 4 is 17.5 Å². The number of hydrogen-bond donors (Lipinski definition) is 1. The Kier molecular flexibility index (Phi) is 1.62. The van der Waals surface area contributed by atoms with Crippen LogP contribution in [0, 0.1) is 0 Å². The number of hydrogen-bond acceptors (Lipinski definition) is 3. The summed E-state index contributed by atoms with van der Waals surface area (Å²) in [5, 5.41) is 2.55. The van der Waals surface area contributed by atoms with Crippen molar-refractivity contribution in [1.82, 2.24) is 5.32 Å². The second-order valence-electron chi connectivity index (χ2n) is 3.02. The summed E-state index contributed by atoms with van der Waals surface area (Å²) in [7, 11) is 0. The standard InChI is InChI=1S/C9H7NO3/c11-5-1-2-7-6(3-5)8(12)4-9(13)10-7/h1-2H,3-4H2,(H,10,13). The largest absolute Gasteiger partial charge is 0.325 e. The minimum absolute atomic E-state index is 0.0942. The van der Waals surface area contributed by atoms with Gasteiger partial charge in [-0.25, -0.2) is 0 Å². The van der Waals surface area contributed by atoms with Crippen LogP contribution in [0.5, 0.6) is 0 Å². The fourth-order valence-electron chi connectivity index (χ4n) is 1.42. The van der Waals surface area contributed by atoms with Gasteiger partial charge in [-0.1, -0.05) is 0 Å². The summed E-state index contributed by atoms with van der Waals surface area (Å²) < 4.78 is 0. The third-order valence-electron chi connectivity index (χ3n) is 2.04. The molecular weight excluding hydrogens is 170 g/mol. The van der Waals surface area contributed by atoms with Gasteiger partial charge in [0, 0.05) is 17.7 Å². The van der Waals surface area contributed by atoms with E-state index in [-0.39, 0.29) is 30.3 Å². The highest BCUT2D eigenvalue weighted by atomic mass is 16.2. The Labute approximate surface area is 74.3 Å². The molecule has 0 radical (unpaired) electrons. The zero-order valence-corrected chi connectivity index (χ0v) is 6.79. The minimum Gasteiger partial charge on any atom is -0.325 e. The highest BCUT2D eigenvalue weighted by Gasteiger charge is 2.27. The van der Waals surface area contributed by atoms with Crippen LogP contribution in [0.25, 0.3) is 0 Å². The Hall–Kier alpha value is -1.71. The molecule has 0 aromatic rings. The van der Waals surface area contributed by atoms with Gasteiger partial charge in [0.1, 0.15) is 0 Å². The Morgan fingerprint density at radius 3 is 2.62 bits per heavy atom. The van der Waals surface area contributed by atoms with Crippen molar-refractivity contribution in [3.63, 3.8) is 0 Å². The summed E-state index contributed by atoms with van der Waals surface area (Å²) >= 11 is 0. The second-order valence-corrected chi connectivity index (χ2v) is 3.02. The van der Waals surface area contributed by atoms with Crippen molar-refractivity contribution < 1.29 is 14.4 Å². The van der Waals surface area contributed by atoms with Crippen molar-refractivity contribution in [3.05, 3.63) is 23.4 Å². The predicted octanol–water partition coefficient (Wildman–Crippen LogP) is -0.142. The van der Waals surface area contributed by atoms with E-state index in [1.807, 2.05) is 0 Å². The summed E-state index contributed by atoms with van der Waals surface area (Å²) in [6.07, 6.45) is 2.83. The summed E-state index contributed by atoms with van der Waals surface area (Å²) in [5.74, 6) is -0.637. The highest BCUT2D eigenvalue weighted by Crippen LogP contribution is 2.20. The molecule has 4 nitrogen and oxygen atoms in total. The van der Waals surface area contributed by atoms with E-state index in [2.05, 4.69) is 5.32 Å². The van der Waals surface area contributed by atoms with Crippen LogP contribution >= 0.6 is 0 Å². The summed E-state index contributed by atoms with van der Waals surface area (Å²) in [6.45, 7) is 0. The lowest BCUT2D eigenvalue weighted by molar-refractivity contribution is -0.128. The first kappa shape index (κ1) is 7.91. The van der Waals surface area contributed by atoms with Crippen LogP contribution in [0.2, 0.25) is 0 Å². The average Bonchev–Trinajstić information content (AvgIpc) is 2.06. The van der Waals surface area contributed by atoms with Gasteiger partial charge in [0.2, 0.25) is 5.91 Å². The van der Waals surface area contributed by atoms with Crippen LogP contribution in [0.1, 0.15) is 12.8 Å². The molecule has 2 aliphatic rings. The molecule has 1 aliphatic carbocycles. The molecule has 0 spiro atoms. The predicted molar refractivity (Wildman–Crippen MR) is 43.6 cm³/mol. The number of rotatable bonds is 0. The van der Waals surface area contributed by atoms with E-state index in [1.165, 1.54) is 12.2 Å².